The lowest BCUT2D eigenvalue weighted by Crippen LogP contribution is -2.15. The third-order valence-electron chi connectivity index (χ3n) is 3.13. The van der Waals surface area contributed by atoms with Crippen LogP contribution in [0.5, 0.6) is 11.5 Å². The highest BCUT2D eigenvalue weighted by Gasteiger charge is 2.03. The zero-order chi connectivity index (χ0) is 15.8. The van der Waals surface area contributed by atoms with Gasteiger partial charge in [0.2, 0.25) is 5.91 Å². The fourth-order valence-electron chi connectivity index (χ4n) is 1.88. The van der Waals surface area contributed by atoms with Crippen LogP contribution in [0.25, 0.3) is 0 Å². The molecule has 2 aromatic carbocycles. The van der Waals surface area contributed by atoms with Crippen LogP contribution in [-0.2, 0) is 11.3 Å². The second-order valence-electron chi connectivity index (χ2n) is 4.72. The quantitative estimate of drug-likeness (QED) is 0.824. The maximum Gasteiger partial charge on any atom is 0.227 e. The molecule has 0 saturated carbocycles. The second-order valence-corrected chi connectivity index (χ2v) is 4.72. The molecular weight excluding hydrogens is 280 g/mol. The van der Waals surface area contributed by atoms with E-state index in [0.717, 1.165) is 17.0 Å². The van der Waals surface area contributed by atoms with Crippen LogP contribution in [0.1, 0.15) is 12.0 Å². The number of benzene rings is 2. The van der Waals surface area contributed by atoms with Crippen molar-refractivity contribution in [2.75, 3.05) is 19.0 Å². The molecule has 2 rings (SSSR count). The molecule has 3 N–H and O–H groups in total. The Morgan fingerprint density at radius 3 is 2.27 bits per heavy atom. The second kappa shape index (κ2) is 8.05. The van der Waals surface area contributed by atoms with Crippen molar-refractivity contribution in [1.82, 2.24) is 0 Å². The summed E-state index contributed by atoms with van der Waals surface area (Å²) in [7, 11) is 1.61. The Hall–Kier alpha value is -2.53. The third kappa shape index (κ3) is 4.79. The van der Waals surface area contributed by atoms with Crippen LogP contribution >= 0.6 is 0 Å². The van der Waals surface area contributed by atoms with Gasteiger partial charge in [-0.15, -0.1) is 0 Å². The predicted molar refractivity (Wildman–Crippen MR) is 86.1 cm³/mol. The lowest BCUT2D eigenvalue weighted by Gasteiger charge is -2.08. The van der Waals surface area contributed by atoms with Crippen molar-refractivity contribution < 1.29 is 14.3 Å². The highest BCUT2D eigenvalue weighted by Crippen LogP contribution is 2.17. The monoisotopic (exact) mass is 300 g/mol. The summed E-state index contributed by atoms with van der Waals surface area (Å²) < 4.78 is 10.6. The number of amides is 1. The van der Waals surface area contributed by atoms with Gasteiger partial charge in [0.25, 0.3) is 0 Å². The number of ether oxygens (including phenoxy) is 2. The van der Waals surface area contributed by atoms with Gasteiger partial charge in [-0.05, 0) is 42.0 Å². The van der Waals surface area contributed by atoms with Crippen LogP contribution < -0.4 is 20.5 Å². The van der Waals surface area contributed by atoms with E-state index in [0.29, 0.717) is 18.9 Å². The lowest BCUT2D eigenvalue weighted by molar-refractivity contribution is -0.116. The molecule has 0 saturated heterocycles. The fourth-order valence-corrected chi connectivity index (χ4v) is 1.88. The van der Waals surface area contributed by atoms with E-state index in [-0.39, 0.29) is 12.3 Å². The van der Waals surface area contributed by atoms with Crippen molar-refractivity contribution in [3.63, 3.8) is 0 Å². The van der Waals surface area contributed by atoms with E-state index in [4.69, 9.17) is 15.2 Å². The molecule has 5 nitrogen and oxygen atoms in total. The Morgan fingerprint density at radius 2 is 1.68 bits per heavy atom. The smallest absolute Gasteiger partial charge is 0.227 e. The van der Waals surface area contributed by atoms with Gasteiger partial charge in [-0.2, -0.15) is 0 Å². The van der Waals surface area contributed by atoms with Crippen molar-refractivity contribution in [1.29, 1.82) is 0 Å². The average molecular weight is 300 g/mol. The molecule has 0 aliphatic carbocycles. The Morgan fingerprint density at radius 1 is 1.05 bits per heavy atom. The molecule has 0 bridgehead atoms. The van der Waals surface area contributed by atoms with Crippen molar-refractivity contribution in [3.05, 3.63) is 54.1 Å². The molecular formula is C17H20N2O3. The summed E-state index contributed by atoms with van der Waals surface area (Å²) in [6.07, 6.45) is 0.282. The number of carbonyl (C=O) groups excluding carboxylic acids is 1. The van der Waals surface area contributed by atoms with E-state index in [2.05, 4.69) is 5.32 Å². The van der Waals surface area contributed by atoms with Crippen molar-refractivity contribution in [2.45, 2.75) is 13.0 Å². The Kier molecular flexibility index (Phi) is 5.80. The summed E-state index contributed by atoms with van der Waals surface area (Å²) in [6, 6.07) is 14.7. The van der Waals surface area contributed by atoms with E-state index in [1.165, 1.54) is 0 Å². The molecule has 0 aromatic heterocycles. The molecule has 1 amide bonds. The van der Waals surface area contributed by atoms with Gasteiger partial charge in [0.1, 0.15) is 11.5 Å². The minimum absolute atomic E-state index is 0.0889. The van der Waals surface area contributed by atoms with E-state index >= 15 is 0 Å². The molecule has 0 spiro atoms. The summed E-state index contributed by atoms with van der Waals surface area (Å²) in [5, 5.41) is 2.82. The van der Waals surface area contributed by atoms with Crippen molar-refractivity contribution in [2.24, 2.45) is 5.73 Å². The number of methoxy groups -OCH3 is 1. The van der Waals surface area contributed by atoms with E-state index in [1.807, 2.05) is 48.5 Å². The number of hydrogen-bond acceptors (Lipinski definition) is 4. The highest BCUT2D eigenvalue weighted by molar-refractivity contribution is 5.90. The zero-order valence-electron chi connectivity index (χ0n) is 12.5. The molecule has 5 heteroatoms. The Balaban J connectivity index is 1.74. The van der Waals surface area contributed by atoms with Crippen LogP contribution in [-0.4, -0.2) is 19.6 Å². The molecule has 0 radical (unpaired) electrons. The molecule has 116 valence electrons. The largest absolute Gasteiger partial charge is 0.497 e. The van der Waals surface area contributed by atoms with Gasteiger partial charge >= 0.3 is 0 Å². The van der Waals surface area contributed by atoms with Gasteiger partial charge in [0.05, 0.1) is 20.1 Å². The minimum atomic E-state index is -0.0889. The molecule has 0 aliphatic heterocycles. The van der Waals surface area contributed by atoms with Crippen LogP contribution in [0.3, 0.4) is 0 Å². The summed E-state index contributed by atoms with van der Waals surface area (Å²) in [4.78, 5) is 11.8. The van der Waals surface area contributed by atoms with E-state index in [9.17, 15) is 4.79 Å². The molecule has 22 heavy (non-hydrogen) atoms. The maximum absolute atomic E-state index is 11.8. The molecule has 2 aromatic rings. The number of anilines is 1. The number of hydrogen-bond donors (Lipinski definition) is 2. The minimum Gasteiger partial charge on any atom is -0.497 e. The van der Waals surface area contributed by atoms with Crippen molar-refractivity contribution in [3.8, 4) is 11.5 Å². The first kappa shape index (κ1) is 15.9. The number of nitrogens with two attached hydrogens (primary N) is 1. The van der Waals surface area contributed by atoms with E-state index < -0.39 is 0 Å². The predicted octanol–water partition coefficient (Wildman–Crippen LogP) is 2.56. The third-order valence-corrected chi connectivity index (χ3v) is 3.13. The molecule has 0 atom stereocenters. The van der Waals surface area contributed by atoms with Gasteiger partial charge in [0.15, 0.2) is 0 Å². The zero-order valence-corrected chi connectivity index (χ0v) is 12.5. The van der Waals surface area contributed by atoms with E-state index in [1.54, 1.807) is 7.11 Å². The van der Waals surface area contributed by atoms with Gasteiger partial charge in [0, 0.05) is 12.2 Å². The van der Waals surface area contributed by atoms with Crippen LogP contribution in [0, 0.1) is 0 Å². The molecule has 0 fully saturated rings. The lowest BCUT2D eigenvalue weighted by atomic mass is 10.2. The van der Waals surface area contributed by atoms with Gasteiger partial charge in [-0.3, -0.25) is 4.79 Å². The van der Waals surface area contributed by atoms with Crippen LogP contribution in [0.2, 0.25) is 0 Å². The SMILES string of the molecule is COc1ccc(OCCC(=O)Nc2ccc(CN)cc2)cc1. The van der Waals surface area contributed by atoms with Crippen LogP contribution in [0.4, 0.5) is 5.69 Å². The molecule has 0 aliphatic rings. The molecule has 0 heterocycles. The summed E-state index contributed by atoms with van der Waals surface area (Å²) in [5.41, 5.74) is 7.31. The first-order valence-corrected chi connectivity index (χ1v) is 7.07. The first-order chi connectivity index (χ1) is 10.7. The van der Waals surface area contributed by atoms with Crippen molar-refractivity contribution >= 4 is 11.6 Å². The van der Waals surface area contributed by atoms with Gasteiger partial charge < -0.3 is 20.5 Å². The van der Waals surface area contributed by atoms with Gasteiger partial charge in [-0.1, -0.05) is 12.1 Å². The standard InChI is InChI=1S/C17H20N2O3/c1-21-15-6-8-16(9-7-15)22-11-10-17(20)19-14-4-2-13(12-18)3-5-14/h2-9H,10-12,18H2,1H3,(H,19,20). The Bertz CT molecular complexity index is 594. The number of nitrogens with one attached hydrogen (secondary N) is 1. The Labute approximate surface area is 130 Å². The van der Waals surface area contributed by atoms with Gasteiger partial charge in [-0.25, -0.2) is 0 Å². The average Bonchev–Trinajstić information content (AvgIpc) is 2.56. The normalized spacial score (nSPS) is 10.1. The fraction of sp³-hybridized carbons (Fsp3) is 0.235. The highest BCUT2D eigenvalue weighted by atomic mass is 16.5. The summed E-state index contributed by atoms with van der Waals surface area (Å²) in [6.45, 7) is 0.809. The maximum atomic E-state index is 11.8. The number of rotatable bonds is 7. The topological polar surface area (TPSA) is 73.6 Å². The summed E-state index contributed by atoms with van der Waals surface area (Å²) >= 11 is 0. The first-order valence-electron chi connectivity index (χ1n) is 7.07. The number of carbonyl (C=O) groups is 1. The van der Waals surface area contributed by atoms with Crippen LogP contribution in [0.15, 0.2) is 48.5 Å². The molecule has 0 unspecified atom stereocenters. The summed E-state index contributed by atoms with van der Waals surface area (Å²) in [5.74, 6) is 1.39.